The van der Waals surface area contributed by atoms with Gasteiger partial charge >= 0.3 is 0 Å². The Bertz CT molecular complexity index is 369. The lowest BCUT2D eigenvalue weighted by Crippen LogP contribution is -2.34. The molecule has 2 heteroatoms. The van der Waals surface area contributed by atoms with E-state index in [1.54, 1.807) is 0 Å². The van der Waals surface area contributed by atoms with Gasteiger partial charge in [-0.1, -0.05) is 41.4 Å². The predicted molar refractivity (Wildman–Crippen MR) is 81.7 cm³/mol. The minimum atomic E-state index is 0.450. The van der Waals surface area contributed by atoms with Crippen LogP contribution in [0.25, 0.3) is 0 Å². The van der Waals surface area contributed by atoms with E-state index in [-0.39, 0.29) is 0 Å². The molecule has 0 bridgehead atoms. The summed E-state index contributed by atoms with van der Waals surface area (Å²) in [5.41, 5.74) is 1.38. The van der Waals surface area contributed by atoms with E-state index >= 15 is 0 Å². The highest BCUT2D eigenvalue weighted by Crippen LogP contribution is 2.28. The van der Waals surface area contributed by atoms with Crippen LogP contribution < -0.4 is 5.32 Å². The average Bonchev–Trinajstić information content (AvgIpc) is 2.39. The van der Waals surface area contributed by atoms with Crippen molar-refractivity contribution in [2.24, 2.45) is 5.92 Å². The molecule has 18 heavy (non-hydrogen) atoms. The van der Waals surface area contributed by atoms with Gasteiger partial charge in [0.25, 0.3) is 0 Å². The lowest BCUT2D eigenvalue weighted by atomic mass is 9.84. The van der Waals surface area contributed by atoms with Crippen LogP contribution in [0.3, 0.4) is 0 Å². The first-order valence-corrected chi connectivity index (χ1v) is 8.00. The van der Waals surface area contributed by atoms with Gasteiger partial charge in [-0.3, -0.25) is 0 Å². The molecule has 2 rings (SSSR count). The van der Waals surface area contributed by atoms with Gasteiger partial charge in [-0.2, -0.15) is 0 Å². The summed E-state index contributed by atoms with van der Waals surface area (Å²) in [6.07, 6.45) is 6.85. The Morgan fingerprint density at radius 1 is 1.28 bits per heavy atom. The molecule has 0 heterocycles. The second-order valence-electron chi connectivity index (χ2n) is 5.57. The maximum Gasteiger partial charge on any atom is 0.0294 e. The Morgan fingerprint density at radius 2 is 2.00 bits per heavy atom. The number of halogens is 1. The molecule has 0 spiro atoms. The van der Waals surface area contributed by atoms with Crippen LogP contribution in [0.4, 0.5) is 0 Å². The third-order valence-electron chi connectivity index (χ3n) is 4.26. The zero-order chi connectivity index (χ0) is 13.0. The fraction of sp³-hybridized carbons (Fsp3) is 0.625. The SMILES string of the molecule is CCC1CCC(N[C@H](C)c2cccc(Br)c2)CC1. The molecular formula is C16H24BrN. The number of nitrogens with one attached hydrogen (secondary N) is 1. The molecule has 0 aliphatic heterocycles. The van der Waals surface area contributed by atoms with Gasteiger partial charge < -0.3 is 5.32 Å². The second-order valence-corrected chi connectivity index (χ2v) is 6.48. The van der Waals surface area contributed by atoms with Crippen LogP contribution in [0.1, 0.15) is 57.6 Å². The van der Waals surface area contributed by atoms with Crippen LogP contribution in [0, 0.1) is 5.92 Å². The normalized spacial score (nSPS) is 25.9. The molecule has 1 aromatic rings. The van der Waals surface area contributed by atoms with E-state index in [1.807, 2.05) is 0 Å². The molecule has 1 N–H and O–H groups in total. The van der Waals surface area contributed by atoms with Crippen molar-refractivity contribution in [1.29, 1.82) is 0 Å². The molecule has 0 radical (unpaired) electrons. The van der Waals surface area contributed by atoms with E-state index in [0.29, 0.717) is 12.1 Å². The highest BCUT2D eigenvalue weighted by Gasteiger charge is 2.21. The van der Waals surface area contributed by atoms with E-state index in [9.17, 15) is 0 Å². The van der Waals surface area contributed by atoms with E-state index in [0.717, 1.165) is 5.92 Å². The molecule has 1 aromatic carbocycles. The molecule has 1 aliphatic carbocycles. The maximum atomic E-state index is 3.79. The Labute approximate surface area is 119 Å². The molecule has 1 fully saturated rings. The molecule has 0 saturated heterocycles. The van der Waals surface area contributed by atoms with Crippen molar-refractivity contribution in [2.75, 3.05) is 0 Å². The summed E-state index contributed by atoms with van der Waals surface area (Å²) < 4.78 is 1.17. The van der Waals surface area contributed by atoms with Crippen molar-refractivity contribution in [3.05, 3.63) is 34.3 Å². The van der Waals surface area contributed by atoms with Crippen molar-refractivity contribution in [1.82, 2.24) is 5.32 Å². The lowest BCUT2D eigenvalue weighted by Gasteiger charge is -2.31. The summed E-state index contributed by atoms with van der Waals surface area (Å²) >= 11 is 3.55. The van der Waals surface area contributed by atoms with Crippen LogP contribution >= 0.6 is 15.9 Å². The van der Waals surface area contributed by atoms with Gasteiger partial charge in [0.2, 0.25) is 0 Å². The van der Waals surface area contributed by atoms with Crippen LogP contribution in [-0.4, -0.2) is 6.04 Å². The minimum Gasteiger partial charge on any atom is -0.307 e. The topological polar surface area (TPSA) is 12.0 Å². The molecule has 0 unspecified atom stereocenters. The van der Waals surface area contributed by atoms with Crippen molar-refractivity contribution in [3.8, 4) is 0 Å². The molecule has 1 atom stereocenters. The molecule has 100 valence electrons. The molecular weight excluding hydrogens is 286 g/mol. The summed E-state index contributed by atoms with van der Waals surface area (Å²) in [5.74, 6) is 0.976. The molecule has 0 amide bonds. The zero-order valence-electron chi connectivity index (χ0n) is 11.5. The first kappa shape index (κ1) is 14.1. The fourth-order valence-electron chi connectivity index (χ4n) is 2.96. The van der Waals surface area contributed by atoms with E-state index < -0.39 is 0 Å². The summed E-state index contributed by atoms with van der Waals surface area (Å²) in [4.78, 5) is 0. The number of hydrogen-bond acceptors (Lipinski definition) is 1. The third kappa shape index (κ3) is 3.83. The Morgan fingerprint density at radius 3 is 2.61 bits per heavy atom. The molecule has 1 saturated carbocycles. The number of rotatable bonds is 4. The van der Waals surface area contributed by atoms with Crippen molar-refractivity contribution in [3.63, 3.8) is 0 Å². The first-order chi connectivity index (χ1) is 8.69. The summed E-state index contributed by atoms with van der Waals surface area (Å²) in [5, 5.41) is 3.79. The quantitative estimate of drug-likeness (QED) is 0.819. The highest BCUT2D eigenvalue weighted by atomic mass is 79.9. The van der Waals surface area contributed by atoms with Crippen LogP contribution in [0.2, 0.25) is 0 Å². The van der Waals surface area contributed by atoms with E-state index in [1.165, 1.54) is 42.1 Å². The van der Waals surface area contributed by atoms with Gasteiger partial charge in [0.05, 0.1) is 0 Å². The summed E-state index contributed by atoms with van der Waals surface area (Å²) in [7, 11) is 0. The maximum absolute atomic E-state index is 3.79. The first-order valence-electron chi connectivity index (χ1n) is 7.20. The van der Waals surface area contributed by atoms with Gasteiger partial charge in [0, 0.05) is 16.6 Å². The standard InChI is InChI=1S/C16H24BrN/c1-3-13-7-9-16(10-8-13)18-12(2)14-5-4-6-15(17)11-14/h4-6,11-13,16,18H,3,7-10H2,1-2H3/t12-,13?,16?/m1/s1. The van der Waals surface area contributed by atoms with Gasteiger partial charge in [-0.25, -0.2) is 0 Å². The van der Waals surface area contributed by atoms with Crippen molar-refractivity contribution < 1.29 is 0 Å². The van der Waals surface area contributed by atoms with Gasteiger partial charge in [0.15, 0.2) is 0 Å². The Balaban J connectivity index is 1.86. The van der Waals surface area contributed by atoms with Gasteiger partial charge in [-0.15, -0.1) is 0 Å². The monoisotopic (exact) mass is 309 g/mol. The molecule has 0 aromatic heterocycles. The van der Waals surface area contributed by atoms with Crippen molar-refractivity contribution >= 4 is 15.9 Å². The second kappa shape index (κ2) is 6.72. The minimum absolute atomic E-state index is 0.450. The highest BCUT2D eigenvalue weighted by molar-refractivity contribution is 9.10. The van der Waals surface area contributed by atoms with Crippen LogP contribution in [0.5, 0.6) is 0 Å². The number of benzene rings is 1. The fourth-order valence-corrected chi connectivity index (χ4v) is 3.38. The number of hydrogen-bond donors (Lipinski definition) is 1. The van der Waals surface area contributed by atoms with Gasteiger partial charge in [-0.05, 0) is 56.2 Å². The average molecular weight is 310 g/mol. The molecule has 1 aliphatic rings. The van der Waals surface area contributed by atoms with E-state index in [2.05, 4.69) is 59.4 Å². The summed E-state index contributed by atoms with van der Waals surface area (Å²) in [6, 6.07) is 9.79. The predicted octanol–water partition coefficient (Wildman–Crippen LogP) is 5.07. The zero-order valence-corrected chi connectivity index (χ0v) is 13.0. The Kier molecular flexibility index (Phi) is 5.25. The lowest BCUT2D eigenvalue weighted by molar-refractivity contribution is 0.273. The smallest absolute Gasteiger partial charge is 0.0294 e. The molecule has 1 nitrogen and oxygen atoms in total. The third-order valence-corrected chi connectivity index (χ3v) is 4.75. The van der Waals surface area contributed by atoms with Crippen LogP contribution in [0.15, 0.2) is 28.7 Å². The van der Waals surface area contributed by atoms with Crippen LogP contribution in [-0.2, 0) is 0 Å². The van der Waals surface area contributed by atoms with Gasteiger partial charge in [0.1, 0.15) is 0 Å². The summed E-state index contributed by atoms with van der Waals surface area (Å²) in [6.45, 7) is 4.59. The van der Waals surface area contributed by atoms with Crippen molar-refractivity contribution in [2.45, 2.75) is 58.0 Å². The Hall–Kier alpha value is -0.340. The van der Waals surface area contributed by atoms with E-state index in [4.69, 9.17) is 0 Å². The largest absolute Gasteiger partial charge is 0.307 e.